The quantitative estimate of drug-likeness (QED) is 0.758. The molecule has 104 valence electrons. The van der Waals surface area contributed by atoms with Crippen molar-refractivity contribution in [1.82, 2.24) is 4.90 Å². The highest BCUT2D eigenvalue weighted by atomic mass is 127. The van der Waals surface area contributed by atoms with E-state index in [1.54, 1.807) is 19.1 Å². The number of methoxy groups -OCH3 is 1. The molecule has 0 aliphatic rings. The SMILES string of the molecule is COc1ccccc1CN(C)C(=O)c1cccc(I)c1. The highest BCUT2D eigenvalue weighted by Crippen LogP contribution is 2.19. The van der Waals surface area contributed by atoms with Crippen molar-refractivity contribution in [1.29, 1.82) is 0 Å². The average Bonchev–Trinajstić information content (AvgIpc) is 2.47. The van der Waals surface area contributed by atoms with E-state index in [-0.39, 0.29) is 5.91 Å². The molecule has 0 radical (unpaired) electrons. The molecule has 0 aliphatic carbocycles. The number of carbonyl (C=O) groups excluding carboxylic acids is 1. The van der Waals surface area contributed by atoms with Crippen LogP contribution in [0, 0.1) is 3.57 Å². The molecule has 0 heterocycles. The Balaban J connectivity index is 2.15. The van der Waals surface area contributed by atoms with Crippen molar-refractivity contribution in [3.05, 3.63) is 63.2 Å². The van der Waals surface area contributed by atoms with Gasteiger partial charge in [-0.05, 0) is 46.9 Å². The minimum atomic E-state index is 0.00872. The minimum absolute atomic E-state index is 0.00872. The molecule has 20 heavy (non-hydrogen) atoms. The van der Waals surface area contributed by atoms with E-state index in [0.29, 0.717) is 12.1 Å². The third kappa shape index (κ3) is 3.50. The molecule has 0 aromatic heterocycles. The summed E-state index contributed by atoms with van der Waals surface area (Å²) in [6.45, 7) is 0.522. The van der Waals surface area contributed by atoms with Crippen LogP contribution in [0.2, 0.25) is 0 Å². The molecule has 0 atom stereocenters. The second kappa shape index (κ2) is 6.74. The Labute approximate surface area is 132 Å². The second-order valence-electron chi connectivity index (χ2n) is 4.48. The number of halogens is 1. The van der Waals surface area contributed by atoms with Gasteiger partial charge in [0.25, 0.3) is 5.91 Å². The van der Waals surface area contributed by atoms with E-state index in [9.17, 15) is 4.79 Å². The second-order valence-corrected chi connectivity index (χ2v) is 5.73. The van der Waals surface area contributed by atoms with Crippen molar-refractivity contribution < 1.29 is 9.53 Å². The van der Waals surface area contributed by atoms with E-state index < -0.39 is 0 Å². The van der Waals surface area contributed by atoms with Gasteiger partial charge in [-0.2, -0.15) is 0 Å². The highest BCUT2D eigenvalue weighted by Gasteiger charge is 2.13. The summed E-state index contributed by atoms with van der Waals surface area (Å²) in [5, 5.41) is 0. The van der Waals surface area contributed by atoms with E-state index in [4.69, 9.17) is 4.74 Å². The van der Waals surface area contributed by atoms with Crippen LogP contribution in [0.5, 0.6) is 5.75 Å². The third-order valence-electron chi connectivity index (χ3n) is 3.02. The molecule has 0 unspecified atom stereocenters. The summed E-state index contributed by atoms with van der Waals surface area (Å²) in [5.41, 5.74) is 1.70. The lowest BCUT2D eigenvalue weighted by molar-refractivity contribution is 0.0784. The largest absolute Gasteiger partial charge is 0.496 e. The first-order chi connectivity index (χ1) is 9.61. The fourth-order valence-corrected chi connectivity index (χ4v) is 2.55. The van der Waals surface area contributed by atoms with Crippen LogP contribution in [-0.2, 0) is 6.54 Å². The summed E-state index contributed by atoms with van der Waals surface area (Å²) in [6.07, 6.45) is 0. The summed E-state index contributed by atoms with van der Waals surface area (Å²) in [4.78, 5) is 14.1. The highest BCUT2D eigenvalue weighted by molar-refractivity contribution is 14.1. The first kappa shape index (κ1) is 14.8. The number of hydrogen-bond acceptors (Lipinski definition) is 2. The zero-order valence-electron chi connectivity index (χ0n) is 11.5. The van der Waals surface area contributed by atoms with Gasteiger partial charge in [-0.15, -0.1) is 0 Å². The normalized spacial score (nSPS) is 10.2. The monoisotopic (exact) mass is 381 g/mol. The maximum atomic E-state index is 12.4. The molecular formula is C16H16INO2. The zero-order chi connectivity index (χ0) is 14.5. The van der Waals surface area contributed by atoms with Gasteiger partial charge in [-0.3, -0.25) is 4.79 Å². The van der Waals surface area contributed by atoms with E-state index in [1.807, 2.05) is 48.5 Å². The van der Waals surface area contributed by atoms with Gasteiger partial charge in [-0.25, -0.2) is 0 Å². The van der Waals surface area contributed by atoms with Crippen molar-refractivity contribution in [2.45, 2.75) is 6.54 Å². The van der Waals surface area contributed by atoms with Gasteiger partial charge >= 0.3 is 0 Å². The Hall–Kier alpha value is -1.56. The predicted molar refractivity (Wildman–Crippen MR) is 88.0 cm³/mol. The number of benzene rings is 2. The molecule has 0 saturated heterocycles. The van der Waals surface area contributed by atoms with Gasteiger partial charge in [0.2, 0.25) is 0 Å². The molecule has 0 bridgehead atoms. The van der Waals surface area contributed by atoms with Crippen molar-refractivity contribution in [3.63, 3.8) is 0 Å². The fourth-order valence-electron chi connectivity index (χ4n) is 2.00. The van der Waals surface area contributed by atoms with Crippen molar-refractivity contribution >= 4 is 28.5 Å². The number of nitrogens with zero attached hydrogens (tertiary/aromatic N) is 1. The molecule has 2 aromatic rings. The Kier molecular flexibility index (Phi) is 5.00. The molecule has 0 saturated carbocycles. The lowest BCUT2D eigenvalue weighted by atomic mass is 10.1. The molecular weight excluding hydrogens is 365 g/mol. The first-order valence-electron chi connectivity index (χ1n) is 6.24. The minimum Gasteiger partial charge on any atom is -0.496 e. The van der Waals surface area contributed by atoms with Crippen LogP contribution >= 0.6 is 22.6 Å². The van der Waals surface area contributed by atoms with Crippen molar-refractivity contribution in [3.8, 4) is 5.75 Å². The molecule has 2 rings (SSSR count). The Morgan fingerprint density at radius 3 is 2.65 bits per heavy atom. The first-order valence-corrected chi connectivity index (χ1v) is 7.32. The van der Waals surface area contributed by atoms with Gasteiger partial charge in [0.05, 0.1) is 7.11 Å². The number of carbonyl (C=O) groups is 1. The molecule has 0 fully saturated rings. The Morgan fingerprint density at radius 1 is 1.20 bits per heavy atom. The van der Waals surface area contributed by atoms with Crippen LogP contribution in [0.3, 0.4) is 0 Å². The zero-order valence-corrected chi connectivity index (χ0v) is 13.6. The summed E-state index contributed by atoms with van der Waals surface area (Å²) in [5.74, 6) is 0.809. The van der Waals surface area contributed by atoms with Crippen LogP contribution in [0.4, 0.5) is 0 Å². The van der Waals surface area contributed by atoms with Crippen molar-refractivity contribution in [2.24, 2.45) is 0 Å². The topological polar surface area (TPSA) is 29.5 Å². The maximum absolute atomic E-state index is 12.4. The summed E-state index contributed by atoms with van der Waals surface area (Å²) in [7, 11) is 3.44. The lowest BCUT2D eigenvalue weighted by Crippen LogP contribution is -2.26. The smallest absolute Gasteiger partial charge is 0.253 e. The molecule has 0 spiro atoms. The standard InChI is InChI=1S/C16H16INO2/c1-18(11-13-6-3-4-9-15(13)20-2)16(19)12-7-5-8-14(17)10-12/h3-10H,11H2,1-2H3. The van der Waals surface area contributed by atoms with Crippen LogP contribution in [0.25, 0.3) is 0 Å². The van der Waals surface area contributed by atoms with E-state index >= 15 is 0 Å². The number of ether oxygens (including phenoxy) is 1. The Bertz CT molecular complexity index is 613. The fraction of sp³-hybridized carbons (Fsp3) is 0.188. The number of hydrogen-bond donors (Lipinski definition) is 0. The predicted octanol–water partition coefficient (Wildman–Crippen LogP) is 3.57. The molecule has 0 N–H and O–H groups in total. The molecule has 3 nitrogen and oxygen atoms in total. The van der Waals surface area contributed by atoms with E-state index in [2.05, 4.69) is 22.6 Å². The van der Waals surface area contributed by atoms with Gasteiger partial charge in [0.1, 0.15) is 5.75 Å². The van der Waals surface area contributed by atoms with Gasteiger partial charge in [0.15, 0.2) is 0 Å². The number of para-hydroxylation sites is 1. The van der Waals surface area contributed by atoms with Crippen LogP contribution in [0.15, 0.2) is 48.5 Å². The molecule has 0 aliphatic heterocycles. The van der Waals surface area contributed by atoms with Gasteiger partial charge < -0.3 is 9.64 Å². The molecule has 1 amide bonds. The lowest BCUT2D eigenvalue weighted by Gasteiger charge is -2.19. The number of amides is 1. The molecule has 4 heteroatoms. The summed E-state index contributed by atoms with van der Waals surface area (Å²) >= 11 is 2.21. The Morgan fingerprint density at radius 2 is 1.95 bits per heavy atom. The van der Waals surface area contributed by atoms with Crippen LogP contribution in [-0.4, -0.2) is 25.0 Å². The third-order valence-corrected chi connectivity index (χ3v) is 3.69. The van der Waals surface area contributed by atoms with E-state index in [1.165, 1.54) is 0 Å². The van der Waals surface area contributed by atoms with Crippen molar-refractivity contribution in [2.75, 3.05) is 14.2 Å². The number of rotatable bonds is 4. The van der Waals surface area contributed by atoms with E-state index in [0.717, 1.165) is 14.9 Å². The van der Waals surface area contributed by atoms with Crippen LogP contribution in [0.1, 0.15) is 15.9 Å². The molecule has 2 aromatic carbocycles. The average molecular weight is 381 g/mol. The maximum Gasteiger partial charge on any atom is 0.253 e. The van der Waals surface area contributed by atoms with Gasteiger partial charge in [-0.1, -0.05) is 24.3 Å². The van der Waals surface area contributed by atoms with Gasteiger partial charge in [0, 0.05) is 28.3 Å². The van der Waals surface area contributed by atoms with Crippen LogP contribution < -0.4 is 4.74 Å². The summed E-state index contributed by atoms with van der Waals surface area (Å²) < 4.78 is 6.37. The summed E-state index contributed by atoms with van der Waals surface area (Å²) in [6, 6.07) is 15.3.